The maximum atomic E-state index is 12.3. The smallest absolute Gasteiger partial charge is 0.257 e. The molecule has 0 saturated carbocycles. The van der Waals surface area contributed by atoms with Crippen molar-refractivity contribution in [3.8, 4) is 11.5 Å². The number of nitrogens with two attached hydrogens (primary N) is 1. The van der Waals surface area contributed by atoms with Crippen LogP contribution in [0, 0.1) is 0 Å². The lowest BCUT2D eigenvalue weighted by Crippen LogP contribution is -2.27. The van der Waals surface area contributed by atoms with E-state index < -0.39 is 0 Å². The molecule has 21 heavy (non-hydrogen) atoms. The summed E-state index contributed by atoms with van der Waals surface area (Å²) in [6, 6.07) is 11.6. The molecule has 0 saturated heterocycles. The van der Waals surface area contributed by atoms with Crippen molar-refractivity contribution in [2.75, 3.05) is 7.05 Å². The lowest BCUT2D eigenvalue weighted by molar-refractivity contribution is 0.0782. The number of rotatable bonds is 4. The van der Waals surface area contributed by atoms with Gasteiger partial charge in [0, 0.05) is 26.2 Å². The first kappa shape index (κ1) is 14.9. The Kier molecular flexibility index (Phi) is 4.45. The van der Waals surface area contributed by atoms with E-state index in [1.54, 1.807) is 7.05 Å². The zero-order chi connectivity index (χ0) is 15.4. The van der Waals surface area contributed by atoms with Gasteiger partial charge in [-0.05, 0) is 23.3 Å². The molecular formula is C16H18N2O3. The Morgan fingerprint density at radius 2 is 1.81 bits per heavy atom. The topological polar surface area (TPSA) is 86.8 Å². The molecule has 0 bridgehead atoms. The van der Waals surface area contributed by atoms with Crippen LogP contribution in [0.3, 0.4) is 0 Å². The molecule has 0 aliphatic heterocycles. The number of amides is 1. The van der Waals surface area contributed by atoms with E-state index >= 15 is 0 Å². The number of phenolic OH excluding ortho intramolecular Hbond substituents is 2. The van der Waals surface area contributed by atoms with Crippen LogP contribution in [-0.2, 0) is 13.1 Å². The second-order valence-electron chi connectivity index (χ2n) is 4.84. The molecule has 0 spiro atoms. The number of carbonyl (C=O) groups is 1. The van der Waals surface area contributed by atoms with Crippen molar-refractivity contribution in [1.29, 1.82) is 0 Å². The van der Waals surface area contributed by atoms with Crippen molar-refractivity contribution in [2.24, 2.45) is 5.73 Å². The van der Waals surface area contributed by atoms with Gasteiger partial charge in [0.25, 0.3) is 5.91 Å². The van der Waals surface area contributed by atoms with Gasteiger partial charge in [0.1, 0.15) is 11.5 Å². The third-order valence-corrected chi connectivity index (χ3v) is 3.30. The summed E-state index contributed by atoms with van der Waals surface area (Å²) in [6.07, 6.45) is 0. The van der Waals surface area contributed by atoms with Gasteiger partial charge >= 0.3 is 0 Å². The lowest BCUT2D eigenvalue weighted by Gasteiger charge is -2.19. The van der Waals surface area contributed by atoms with Crippen LogP contribution in [0.4, 0.5) is 0 Å². The van der Waals surface area contributed by atoms with Crippen molar-refractivity contribution in [2.45, 2.75) is 13.1 Å². The molecule has 0 atom stereocenters. The monoisotopic (exact) mass is 286 g/mol. The Morgan fingerprint density at radius 3 is 2.43 bits per heavy atom. The van der Waals surface area contributed by atoms with E-state index in [9.17, 15) is 15.0 Å². The zero-order valence-electron chi connectivity index (χ0n) is 11.8. The van der Waals surface area contributed by atoms with E-state index in [0.29, 0.717) is 13.1 Å². The molecule has 110 valence electrons. The number of hydrogen-bond acceptors (Lipinski definition) is 4. The highest BCUT2D eigenvalue weighted by Crippen LogP contribution is 2.24. The van der Waals surface area contributed by atoms with Gasteiger partial charge in [-0.25, -0.2) is 0 Å². The Hall–Kier alpha value is -2.53. The summed E-state index contributed by atoms with van der Waals surface area (Å²) in [6.45, 7) is 0.801. The van der Waals surface area contributed by atoms with Crippen LogP contribution in [-0.4, -0.2) is 28.1 Å². The van der Waals surface area contributed by atoms with Crippen molar-refractivity contribution < 1.29 is 15.0 Å². The maximum Gasteiger partial charge on any atom is 0.257 e. The fraction of sp³-hybridized carbons (Fsp3) is 0.188. The van der Waals surface area contributed by atoms with Gasteiger partial charge in [-0.15, -0.1) is 0 Å². The summed E-state index contributed by atoms with van der Waals surface area (Å²) in [5.74, 6) is -0.640. The summed E-state index contributed by atoms with van der Waals surface area (Å²) in [4.78, 5) is 13.8. The quantitative estimate of drug-likeness (QED) is 0.800. The number of benzene rings is 2. The summed E-state index contributed by atoms with van der Waals surface area (Å²) < 4.78 is 0. The van der Waals surface area contributed by atoms with Gasteiger partial charge in [0.05, 0.1) is 5.56 Å². The Morgan fingerprint density at radius 1 is 1.14 bits per heavy atom. The molecule has 5 heteroatoms. The van der Waals surface area contributed by atoms with Crippen molar-refractivity contribution in [1.82, 2.24) is 4.90 Å². The molecule has 2 aromatic rings. The molecular weight excluding hydrogens is 268 g/mol. The van der Waals surface area contributed by atoms with Gasteiger partial charge in [0.15, 0.2) is 0 Å². The van der Waals surface area contributed by atoms with Crippen LogP contribution >= 0.6 is 0 Å². The molecule has 0 radical (unpaired) electrons. The third kappa shape index (κ3) is 3.32. The molecule has 0 unspecified atom stereocenters. The van der Waals surface area contributed by atoms with E-state index in [-0.39, 0.29) is 23.0 Å². The fourth-order valence-electron chi connectivity index (χ4n) is 2.14. The van der Waals surface area contributed by atoms with Gasteiger partial charge in [-0.3, -0.25) is 4.79 Å². The molecule has 0 heterocycles. The van der Waals surface area contributed by atoms with Crippen molar-refractivity contribution in [3.63, 3.8) is 0 Å². The zero-order valence-corrected chi connectivity index (χ0v) is 11.8. The number of aromatic hydroxyl groups is 2. The molecule has 4 N–H and O–H groups in total. The molecule has 2 aromatic carbocycles. The average molecular weight is 286 g/mol. The van der Waals surface area contributed by atoms with Gasteiger partial charge < -0.3 is 20.8 Å². The minimum absolute atomic E-state index is 0.0832. The van der Waals surface area contributed by atoms with Gasteiger partial charge in [0.2, 0.25) is 0 Å². The van der Waals surface area contributed by atoms with E-state index in [4.69, 9.17) is 5.73 Å². The van der Waals surface area contributed by atoms with E-state index in [1.807, 2.05) is 24.3 Å². The molecule has 2 rings (SSSR count). The summed E-state index contributed by atoms with van der Waals surface area (Å²) in [5.41, 5.74) is 7.78. The van der Waals surface area contributed by atoms with Crippen LogP contribution in [0.25, 0.3) is 0 Å². The molecule has 1 amide bonds. The molecule has 0 fully saturated rings. The van der Waals surface area contributed by atoms with Crippen LogP contribution in [0.5, 0.6) is 11.5 Å². The molecule has 0 aliphatic carbocycles. The molecule has 0 aliphatic rings. The molecule has 0 aromatic heterocycles. The van der Waals surface area contributed by atoms with Crippen LogP contribution < -0.4 is 5.73 Å². The third-order valence-electron chi connectivity index (χ3n) is 3.30. The minimum atomic E-state index is -0.320. The summed E-state index contributed by atoms with van der Waals surface area (Å²) >= 11 is 0. The van der Waals surface area contributed by atoms with Gasteiger partial charge in [-0.1, -0.05) is 24.3 Å². The first-order valence-corrected chi connectivity index (χ1v) is 6.57. The maximum absolute atomic E-state index is 12.3. The SMILES string of the molecule is CN(Cc1ccccc1CN)C(=O)c1ccc(O)cc1O. The number of nitrogens with zero attached hydrogens (tertiary/aromatic N) is 1. The number of phenols is 2. The van der Waals surface area contributed by atoms with Crippen molar-refractivity contribution >= 4 is 5.91 Å². The van der Waals surface area contributed by atoms with Crippen LogP contribution in [0.2, 0.25) is 0 Å². The summed E-state index contributed by atoms with van der Waals surface area (Å²) in [5, 5.41) is 19.0. The molecule has 5 nitrogen and oxygen atoms in total. The van der Waals surface area contributed by atoms with Crippen molar-refractivity contribution in [3.05, 3.63) is 59.2 Å². The highest BCUT2D eigenvalue weighted by atomic mass is 16.3. The highest BCUT2D eigenvalue weighted by Gasteiger charge is 2.17. The minimum Gasteiger partial charge on any atom is -0.508 e. The van der Waals surface area contributed by atoms with E-state index in [1.165, 1.54) is 17.0 Å². The van der Waals surface area contributed by atoms with Gasteiger partial charge in [-0.2, -0.15) is 0 Å². The first-order valence-electron chi connectivity index (χ1n) is 6.57. The Labute approximate surface area is 123 Å². The predicted molar refractivity (Wildman–Crippen MR) is 79.9 cm³/mol. The summed E-state index contributed by atoms with van der Waals surface area (Å²) in [7, 11) is 1.65. The van der Waals surface area contributed by atoms with E-state index in [0.717, 1.165) is 17.2 Å². The second kappa shape index (κ2) is 6.28. The largest absolute Gasteiger partial charge is 0.508 e. The Balaban J connectivity index is 2.19. The van der Waals surface area contributed by atoms with Crippen LogP contribution in [0.1, 0.15) is 21.5 Å². The van der Waals surface area contributed by atoms with E-state index in [2.05, 4.69) is 0 Å². The standard InChI is InChI=1S/C16H18N2O3/c1-18(10-12-5-3-2-4-11(12)9-17)16(21)14-7-6-13(19)8-15(14)20/h2-8,19-20H,9-10,17H2,1H3. The van der Waals surface area contributed by atoms with Crippen LogP contribution in [0.15, 0.2) is 42.5 Å². The Bertz CT molecular complexity index is 656. The lowest BCUT2D eigenvalue weighted by atomic mass is 10.1. The normalized spacial score (nSPS) is 10.4. The fourth-order valence-corrected chi connectivity index (χ4v) is 2.14. The first-order chi connectivity index (χ1) is 10.0. The highest BCUT2D eigenvalue weighted by molar-refractivity contribution is 5.96. The second-order valence-corrected chi connectivity index (χ2v) is 4.84. The average Bonchev–Trinajstić information content (AvgIpc) is 2.47. The number of carbonyl (C=O) groups excluding carboxylic acids is 1. The predicted octanol–water partition coefficient (Wildman–Crippen LogP) is 1.83. The number of hydrogen-bond donors (Lipinski definition) is 3.